The van der Waals surface area contributed by atoms with E-state index in [0.29, 0.717) is 6.61 Å². The van der Waals surface area contributed by atoms with E-state index in [-0.39, 0.29) is 35.9 Å². The number of ether oxygens (including phenoxy) is 2. The highest BCUT2D eigenvalue weighted by atomic mass is 127. The fourth-order valence-electron chi connectivity index (χ4n) is 3.06. The number of hydrogen-bond donors (Lipinski definition) is 1. The molecule has 0 aromatic heterocycles. The van der Waals surface area contributed by atoms with Crippen LogP contribution in [0.3, 0.4) is 0 Å². The fraction of sp³-hybridized carbons (Fsp3) is 0.579. The molecule has 8 heteroatoms. The van der Waals surface area contributed by atoms with Gasteiger partial charge in [0.2, 0.25) is 0 Å². The Hall–Kier alpha value is -1.22. The number of methoxy groups -OCH3 is 1. The van der Waals surface area contributed by atoms with E-state index < -0.39 is 0 Å². The first-order valence-corrected chi connectivity index (χ1v) is 9.35. The zero-order valence-electron chi connectivity index (χ0n) is 16.2. The highest BCUT2D eigenvalue weighted by molar-refractivity contribution is 14.0. The Bertz CT molecular complexity index is 635. The largest absolute Gasteiger partial charge is 0.493 e. The summed E-state index contributed by atoms with van der Waals surface area (Å²) in [7, 11) is 3.23. The standard InChI is InChI=1S/C19H28ClN3O3.HI/c1-14-13-16(20)5-6-17(14)26-12-4-9-22-19(21-2)23-10-7-15(8-11-23)18(24)25-3;/h5-6,13,15H,4,7-12H2,1-3H3,(H,21,22);1H. The number of likely N-dealkylation sites (tertiary alicyclic amines) is 1. The van der Waals surface area contributed by atoms with Crippen molar-refractivity contribution in [3.8, 4) is 5.75 Å². The van der Waals surface area contributed by atoms with E-state index in [1.807, 2.05) is 25.1 Å². The van der Waals surface area contributed by atoms with Gasteiger partial charge >= 0.3 is 5.97 Å². The summed E-state index contributed by atoms with van der Waals surface area (Å²) in [6.45, 7) is 4.99. The molecule has 0 atom stereocenters. The SMILES string of the molecule is CN=C(NCCCOc1ccc(Cl)cc1C)N1CCC(C(=O)OC)CC1.I. The maximum atomic E-state index is 11.6. The van der Waals surface area contributed by atoms with Crippen LogP contribution in [0.2, 0.25) is 5.02 Å². The summed E-state index contributed by atoms with van der Waals surface area (Å²) in [5.41, 5.74) is 1.04. The number of guanidine groups is 1. The van der Waals surface area contributed by atoms with Crippen LogP contribution in [0.15, 0.2) is 23.2 Å². The molecular weight excluding hydrogens is 481 g/mol. The summed E-state index contributed by atoms with van der Waals surface area (Å²) in [5, 5.41) is 4.08. The van der Waals surface area contributed by atoms with Crippen molar-refractivity contribution in [1.29, 1.82) is 0 Å². The smallest absolute Gasteiger partial charge is 0.308 e. The summed E-state index contributed by atoms with van der Waals surface area (Å²) in [4.78, 5) is 18.1. The van der Waals surface area contributed by atoms with Crippen molar-refractivity contribution >= 4 is 47.5 Å². The van der Waals surface area contributed by atoms with Gasteiger partial charge in [-0.05, 0) is 49.9 Å². The molecular formula is C19H29ClIN3O3. The molecule has 0 spiro atoms. The third-order valence-corrected chi connectivity index (χ3v) is 4.77. The lowest BCUT2D eigenvalue weighted by Crippen LogP contribution is -2.47. The van der Waals surface area contributed by atoms with E-state index in [9.17, 15) is 4.79 Å². The molecule has 1 aliphatic rings. The van der Waals surface area contributed by atoms with Gasteiger partial charge in [0.25, 0.3) is 0 Å². The molecule has 27 heavy (non-hydrogen) atoms. The molecule has 1 aromatic carbocycles. The van der Waals surface area contributed by atoms with E-state index in [1.54, 1.807) is 7.05 Å². The van der Waals surface area contributed by atoms with Gasteiger partial charge in [-0.3, -0.25) is 9.79 Å². The van der Waals surface area contributed by atoms with Crippen LogP contribution in [-0.4, -0.2) is 57.2 Å². The Labute approximate surface area is 183 Å². The van der Waals surface area contributed by atoms with Crippen molar-refractivity contribution in [2.45, 2.75) is 26.2 Å². The molecule has 6 nitrogen and oxygen atoms in total. The molecule has 1 aromatic rings. The second-order valence-electron chi connectivity index (χ2n) is 6.37. The van der Waals surface area contributed by atoms with Crippen LogP contribution in [0.4, 0.5) is 0 Å². The number of nitrogens with zero attached hydrogens (tertiary/aromatic N) is 2. The average molecular weight is 510 g/mol. The Morgan fingerprint density at radius 1 is 1.37 bits per heavy atom. The molecule has 0 unspecified atom stereocenters. The number of esters is 1. The number of nitrogens with one attached hydrogen (secondary N) is 1. The summed E-state index contributed by atoms with van der Waals surface area (Å²) in [6.07, 6.45) is 2.46. The van der Waals surface area contributed by atoms with E-state index in [1.165, 1.54) is 7.11 Å². The Kier molecular flexibility index (Phi) is 10.8. The van der Waals surface area contributed by atoms with Gasteiger partial charge < -0.3 is 19.7 Å². The first-order valence-electron chi connectivity index (χ1n) is 8.97. The number of hydrogen-bond acceptors (Lipinski definition) is 4. The molecule has 1 fully saturated rings. The zero-order valence-corrected chi connectivity index (χ0v) is 19.3. The van der Waals surface area contributed by atoms with Crippen molar-refractivity contribution in [2.75, 3.05) is 40.4 Å². The van der Waals surface area contributed by atoms with Crippen LogP contribution < -0.4 is 10.1 Å². The number of piperidine rings is 1. The maximum Gasteiger partial charge on any atom is 0.308 e. The van der Waals surface area contributed by atoms with Crippen LogP contribution in [-0.2, 0) is 9.53 Å². The fourth-order valence-corrected chi connectivity index (χ4v) is 3.28. The van der Waals surface area contributed by atoms with Crippen molar-refractivity contribution in [3.05, 3.63) is 28.8 Å². The van der Waals surface area contributed by atoms with Gasteiger partial charge in [0.15, 0.2) is 5.96 Å². The molecule has 0 aliphatic carbocycles. The number of benzene rings is 1. The number of halogens is 2. The Morgan fingerprint density at radius 2 is 2.07 bits per heavy atom. The topological polar surface area (TPSA) is 63.2 Å². The molecule has 1 N–H and O–H groups in total. The molecule has 2 rings (SSSR count). The van der Waals surface area contributed by atoms with Gasteiger partial charge in [-0.1, -0.05) is 11.6 Å². The highest BCUT2D eigenvalue weighted by Gasteiger charge is 2.26. The lowest BCUT2D eigenvalue weighted by molar-refractivity contribution is -0.146. The average Bonchev–Trinajstić information content (AvgIpc) is 2.65. The first-order chi connectivity index (χ1) is 12.5. The van der Waals surface area contributed by atoms with Gasteiger partial charge in [-0.15, -0.1) is 24.0 Å². The lowest BCUT2D eigenvalue weighted by atomic mass is 9.97. The summed E-state index contributed by atoms with van der Waals surface area (Å²) < 4.78 is 10.6. The predicted molar refractivity (Wildman–Crippen MR) is 119 cm³/mol. The maximum absolute atomic E-state index is 11.6. The minimum absolute atomic E-state index is 0. The summed E-state index contributed by atoms with van der Waals surface area (Å²) in [5.74, 6) is 1.63. The summed E-state index contributed by atoms with van der Waals surface area (Å²) >= 11 is 5.95. The van der Waals surface area contributed by atoms with Gasteiger partial charge in [-0.2, -0.15) is 0 Å². The molecule has 0 radical (unpaired) electrons. The number of carbonyl (C=O) groups excluding carboxylic acids is 1. The molecule has 152 valence electrons. The molecule has 0 amide bonds. The van der Waals surface area contributed by atoms with Crippen LogP contribution in [0, 0.1) is 12.8 Å². The van der Waals surface area contributed by atoms with E-state index in [4.69, 9.17) is 21.1 Å². The highest BCUT2D eigenvalue weighted by Crippen LogP contribution is 2.22. The van der Waals surface area contributed by atoms with Gasteiger partial charge in [0.05, 0.1) is 19.6 Å². The molecule has 1 saturated heterocycles. The number of carbonyl (C=O) groups is 1. The summed E-state index contributed by atoms with van der Waals surface area (Å²) in [6, 6.07) is 5.63. The normalized spacial score (nSPS) is 15.1. The minimum Gasteiger partial charge on any atom is -0.493 e. The first kappa shape index (κ1) is 23.8. The molecule has 1 aliphatic heterocycles. The van der Waals surface area contributed by atoms with Gasteiger partial charge in [0, 0.05) is 31.7 Å². The molecule has 1 heterocycles. The second kappa shape index (κ2) is 12.3. The zero-order chi connectivity index (χ0) is 18.9. The van der Waals surface area contributed by atoms with Crippen LogP contribution >= 0.6 is 35.6 Å². The Balaban J connectivity index is 0.00000364. The molecule has 0 saturated carbocycles. The third kappa shape index (κ3) is 7.37. The third-order valence-electron chi connectivity index (χ3n) is 4.54. The van der Waals surface area contributed by atoms with Gasteiger partial charge in [0.1, 0.15) is 5.75 Å². The lowest BCUT2D eigenvalue weighted by Gasteiger charge is -2.33. The van der Waals surface area contributed by atoms with Crippen LogP contribution in [0.25, 0.3) is 0 Å². The number of rotatable bonds is 6. The van der Waals surface area contributed by atoms with Crippen molar-refractivity contribution in [1.82, 2.24) is 10.2 Å². The van der Waals surface area contributed by atoms with E-state index >= 15 is 0 Å². The van der Waals surface area contributed by atoms with Gasteiger partial charge in [-0.25, -0.2) is 0 Å². The molecule has 0 bridgehead atoms. The van der Waals surface area contributed by atoms with Crippen LogP contribution in [0.1, 0.15) is 24.8 Å². The van der Waals surface area contributed by atoms with E-state index in [2.05, 4.69) is 15.2 Å². The van der Waals surface area contributed by atoms with Crippen molar-refractivity contribution in [2.24, 2.45) is 10.9 Å². The predicted octanol–water partition coefficient (Wildman–Crippen LogP) is 3.50. The number of aliphatic imine (C=N–C) groups is 1. The quantitative estimate of drug-likeness (QED) is 0.209. The monoisotopic (exact) mass is 509 g/mol. The minimum atomic E-state index is -0.109. The Morgan fingerprint density at radius 3 is 2.67 bits per heavy atom. The second-order valence-corrected chi connectivity index (χ2v) is 6.81. The van der Waals surface area contributed by atoms with Crippen molar-refractivity contribution in [3.63, 3.8) is 0 Å². The van der Waals surface area contributed by atoms with Crippen LogP contribution in [0.5, 0.6) is 5.75 Å². The van der Waals surface area contributed by atoms with E-state index in [0.717, 1.165) is 61.2 Å². The number of aryl methyl sites for hydroxylation is 1. The van der Waals surface area contributed by atoms with Crippen molar-refractivity contribution < 1.29 is 14.3 Å².